The van der Waals surface area contributed by atoms with Gasteiger partial charge in [-0.25, -0.2) is 0 Å². The monoisotopic (exact) mass is 366 g/mol. The molecule has 0 heterocycles. The van der Waals surface area contributed by atoms with Crippen molar-refractivity contribution in [3.05, 3.63) is 54.1 Å². The summed E-state index contributed by atoms with van der Waals surface area (Å²) in [5.41, 5.74) is 11.5. The summed E-state index contributed by atoms with van der Waals surface area (Å²) in [4.78, 5) is 0. The zero-order chi connectivity index (χ0) is 19.9. The first kappa shape index (κ1) is 21.5. The van der Waals surface area contributed by atoms with E-state index in [2.05, 4.69) is 88.5 Å². The molecular weight excluding hydrogens is 328 g/mol. The highest BCUT2D eigenvalue weighted by Gasteiger charge is 2.24. The molecule has 0 fully saturated rings. The van der Waals surface area contributed by atoms with Crippen LogP contribution in [0.15, 0.2) is 48.5 Å². The fourth-order valence-electron chi connectivity index (χ4n) is 3.49. The third-order valence-electron chi connectivity index (χ3n) is 5.74. The zero-order valence-electron chi connectivity index (χ0n) is 17.9. The van der Waals surface area contributed by atoms with Crippen LogP contribution < -0.4 is 11.1 Å². The summed E-state index contributed by atoms with van der Waals surface area (Å²) in [6.07, 6.45) is 5.58. The van der Waals surface area contributed by atoms with Crippen LogP contribution in [-0.4, -0.2) is 6.04 Å². The maximum Gasteiger partial charge on any atom is 0.0407 e. The fraction of sp³-hybridized carbons (Fsp3) is 0.520. The maximum absolute atomic E-state index is 6.76. The summed E-state index contributed by atoms with van der Waals surface area (Å²) in [5.74, 6) is 0.742. The molecule has 2 unspecified atom stereocenters. The highest BCUT2D eigenvalue weighted by Crippen LogP contribution is 2.31. The molecule has 0 aromatic heterocycles. The number of anilines is 1. The van der Waals surface area contributed by atoms with Crippen LogP contribution in [0.5, 0.6) is 0 Å². The molecule has 2 aromatic carbocycles. The van der Waals surface area contributed by atoms with Crippen molar-refractivity contribution in [2.75, 3.05) is 5.32 Å². The minimum Gasteiger partial charge on any atom is -0.383 e. The number of nitrogens with one attached hydrogen (secondary N) is 1. The van der Waals surface area contributed by atoms with Gasteiger partial charge in [0.2, 0.25) is 0 Å². The van der Waals surface area contributed by atoms with Crippen LogP contribution in [0, 0.1) is 5.92 Å². The molecule has 2 atom stereocenters. The molecule has 0 aliphatic carbocycles. The minimum atomic E-state index is -0.211. The van der Waals surface area contributed by atoms with Gasteiger partial charge in [0.1, 0.15) is 0 Å². The summed E-state index contributed by atoms with van der Waals surface area (Å²) < 4.78 is 0. The Kier molecular flexibility index (Phi) is 7.91. The molecule has 3 N–H and O–H groups in total. The highest BCUT2D eigenvalue weighted by molar-refractivity contribution is 5.66. The van der Waals surface area contributed by atoms with Gasteiger partial charge in [0.15, 0.2) is 0 Å². The van der Waals surface area contributed by atoms with Gasteiger partial charge < -0.3 is 11.1 Å². The minimum absolute atomic E-state index is 0.211. The van der Waals surface area contributed by atoms with Gasteiger partial charge >= 0.3 is 0 Å². The van der Waals surface area contributed by atoms with Gasteiger partial charge in [-0.2, -0.15) is 0 Å². The standard InChI is InChI=1S/C25H38N2/c1-6-20(5)27-24-16-12-22(13-17-24)21-10-14-23(15-11-21)25(26,7-2)18-8-9-19(3)4/h10-17,19-20,27H,6-9,18,26H2,1-5H3. The number of hydrogen-bond donors (Lipinski definition) is 2. The first-order valence-corrected chi connectivity index (χ1v) is 10.6. The number of hydrogen-bond acceptors (Lipinski definition) is 2. The first-order chi connectivity index (χ1) is 12.9. The average molecular weight is 367 g/mol. The van der Waals surface area contributed by atoms with Crippen LogP contribution in [0.4, 0.5) is 5.69 Å². The number of rotatable bonds is 10. The summed E-state index contributed by atoms with van der Waals surface area (Å²) >= 11 is 0. The Bertz CT molecular complexity index is 672. The second-order valence-corrected chi connectivity index (χ2v) is 8.40. The van der Waals surface area contributed by atoms with Crippen LogP contribution in [0.1, 0.15) is 72.3 Å². The van der Waals surface area contributed by atoms with E-state index < -0.39 is 0 Å². The van der Waals surface area contributed by atoms with Gasteiger partial charge in [0, 0.05) is 17.3 Å². The van der Waals surface area contributed by atoms with Gasteiger partial charge in [-0.15, -0.1) is 0 Å². The van der Waals surface area contributed by atoms with E-state index in [1.54, 1.807) is 0 Å². The Hall–Kier alpha value is -1.80. The molecule has 2 heteroatoms. The largest absolute Gasteiger partial charge is 0.383 e. The fourth-order valence-corrected chi connectivity index (χ4v) is 3.49. The normalized spacial score (nSPS) is 14.8. The van der Waals surface area contributed by atoms with Gasteiger partial charge in [-0.3, -0.25) is 0 Å². The second kappa shape index (κ2) is 9.94. The van der Waals surface area contributed by atoms with Crippen molar-refractivity contribution in [2.45, 2.75) is 78.3 Å². The lowest BCUT2D eigenvalue weighted by molar-refractivity contribution is 0.363. The molecule has 0 saturated heterocycles. The second-order valence-electron chi connectivity index (χ2n) is 8.40. The Balaban J connectivity index is 2.09. The Morgan fingerprint density at radius 1 is 0.889 bits per heavy atom. The van der Waals surface area contributed by atoms with Crippen molar-refractivity contribution in [1.82, 2.24) is 0 Å². The van der Waals surface area contributed by atoms with Crippen molar-refractivity contribution < 1.29 is 0 Å². The molecule has 0 aliphatic rings. The van der Waals surface area contributed by atoms with Gasteiger partial charge in [-0.1, -0.05) is 76.9 Å². The third kappa shape index (κ3) is 6.10. The average Bonchev–Trinajstić information content (AvgIpc) is 2.68. The predicted molar refractivity (Wildman–Crippen MR) is 120 cm³/mol. The highest BCUT2D eigenvalue weighted by atomic mass is 14.9. The molecule has 2 nitrogen and oxygen atoms in total. The predicted octanol–water partition coefficient (Wildman–Crippen LogP) is 6.95. The lowest BCUT2D eigenvalue weighted by Gasteiger charge is -2.29. The van der Waals surface area contributed by atoms with Crippen LogP contribution in [-0.2, 0) is 5.54 Å². The lowest BCUT2D eigenvalue weighted by Crippen LogP contribution is -2.35. The van der Waals surface area contributed by atoms with E-state index in [1.165, 1.54) is 35.2 Å². The molecule has 0 radical (unpaired) electrons. The molecule has 0 bridgehead atoms. The molecule has 148 valence electrons. The smallest absolute Gasteiger partial charge is 0.0407 e. The van der Waals surface area contributed by atoms with E-state index in [-0.39, 0.29) is 5.54 Å². The van der Waals surface area contributed by atoms with Crippen molar-refractivity contribution in [1.29, 1.82) is 0 Å². The van der Waals surface area contributed by atoms with E-state index in [0.29, 0.717) is 6.04 Å². The zero-order valence-corrected chi connectivity index (χ0v) is 17.9. The van der Waals surface area contributed by atoms with E-state index in [1.807, 2.05) is 0 Å². The van der Waals surface area contributed by atoms with Crippen molar-refractivity contribution in [2.24, 2.45) is 11.7 Å². The molecule has 0 aliphatic heterocycles. The van der Waals surface area contributed by atoms with Gasteiger partial charge in [0.05, 0.1) is 0 Å². The van der Waals surface area contributed by atoms with Crippen LogP contribution in [0.25, 0.3) is 11.1 Å². The van der Waals surface area contributed by atoms with E-state index >= 15 is 0 Å². The van der Waals surface area contributed by atoms with Crippen LogP contribution >= 0.6 is 0 Å². The van der Waals surface area contributed by atoms with Crippen LogP contribution in [0.3, 0.4) is 0 Å². The molecule has 0 spiro atoms. The third-order valence-corrected chi connectivity index (χ3v) is 5.74. The van der Waals surface area contributed by atoms with Gasteiger partial charge in [-0.05, 0) is 60.9 Å². The SMILES string of the molecule is CCC(C)Nc1ccc(-c2ccc(C(N)(CC)CCCC(C)C)cc2)cc1. The van der Waals surface area contributed by atoms with Crippen molar-refractivity contribution >= 4 is 5.69 Å². The molecule has 2 rings (SSSR count). The summed E-state index contributed by atoms with van der Waals surface area (Å²) in [7, 11) is 0. The molecule has 2 aromatic rings. The Morgan fingerprint density at radius 3 is 1.93 bits per heavy atom. The first-order valence-electron chi connectivity index (χ1n) is 10.6. The van der Waals surface area contributed by atoms with Gasteiger partial charge in [0.25, 0.3) is 0 Å². The summed E-state index contributed by atoms with van der Waals surface area (Å²) in [5, 5.41) is 3.52. The quantitative estimate of drug-likeness (QED) is 0.477. The molecule has 0 amide bonds. The molecule has 27 heavy (non-hydrogen) atoms. The lowest BCUT2D eigenvalue weighted by atomic mass is 9.82. The number of benzene rings is 2. The molecule has 0 saturated carbocycles. The summed E-state index contributed by atoms with van der Waals surface area (Å²) in [6.45, 7) is 11.2. The maximum atomic E-state index is 6.76. The van der Waals surface area contributed by atoms with E-state index in [0.717, 1.165) is 25.2 Å². The molecular formula is C25H38N2. The Labute approximate surface area is 166 Å². The van der Waals surface area contributed by atoms with Crippen LogP contribution in [0.2, 0.25) is 0 Å². The summed E-state index contributed by atoms with van der Waals surface area (Å²) in [6, 6.07) is 18.1. The Morgan fingerprint density at radius 2 is 1.44 bits per heavy atom. The van der Waals surface area contributed by atoms with Crippen molar-refractivity contribution in [3.63, 3.8) is 0 Å². The number of nitrogens with two attached hydrogens (primary N) is 1. The topological polar surface area (TPSA) is 38.0 Å². The van der Waals surface area contributed by atoms with Crippen molar-refractivity contribution in [3.8, 4) is 11.1 Å². The van der Waals surface area contributed by atoms with E-state index in [4.69, 9.17) is 5.73 Å². The van der Waals surface area contributed by atoms with E-state index in [9.17, 15) is 0 Å².